The van der Waals surface area contributed by atoms with Gasteiger partial charge in [0.2, 0.25) is 4.96 Å². The summed E-state index contributed by atoms with van der Waals surface area (Å²) >= 11 is 7.18. The third-order valence-electron chi connectivity index (χ3n) is 4.00. The molecule has 2 aromatic heterocycles. The molecular weight excluding hydrogens is 386 g/mol. The highest BCUT2D eigenvalue weighted by molar-refractivity contribution is 7.15. The molecule has 0 radical (unpaired) electrons. The fourth-order valence-corrected chi connectivity index (χ4v) is 3.75. The molecular formula is C19H14ClN3O3S. The number of thiazole rings is 1. The number of rotatable bonds is 4. The lowest BCUT2D eigenvalue weighted by molar-refractivity contribution is 0.354. The fourth-order valence-electron chi connectivity index (χ4n) is 2.72. The largest absolute Gasteiger partial charge is 0.493 e. The Morgan fingerprint density at radius 1 is 1.11 bits per heavy atom. The normalized spacial score (nSPS) is 11.9. The molecule has 0 atom stereocenters. The molecule has 0 saturated carbocycles. The second-order valence-corrected chi connectivity index (χ2v) is 7.08. The van der Waals surface area contributed by atoms with Crippen molar-refractivity contribution in [1.82, 2.24) is 14.6 Å². The number of halogens is 1. The van der Waals surface area contributed by atoms with Crippen molar-refractivity contribution in [3.8, 4) is 22.9 Å². The number of hydrogen-bond donors (Lipinski definition) is 0. The lowest BCUT2D eigenvalue weighted by Crippen LogP contribution is -2.23. The average molecular weight is 400 g/mol. The molecule has 0 aliphatic carbocycles. The van der Waals surface area contributed by atoms with Crippen LogP contribution in [0.1, 0.15) is 5.56 Å². The molecule has 0 unspecified atom stereocenters. The molecule has 0 N–H and O–H groups in total. The molecule has 0 bridgehead atoms. The summed E-state index contributed by atoms with van der Waals surface area (Å²) in [6.07, 6.45) is 1.76. The quantitative estimate of drug-likeness (QED) is 0.527. The smallest absolute Gasteiger partial charge is 0.291 e. The number of aromatic nitrogens is 3. The predicted molar refractivity (Wildman–Crippen MR) is 106 cm³/mol. The van der Waals surface area contributed by atoms with E-state index in [1.165, 1.54) is 15.9 Å². The van der Waals surface area contributed by atoms with Gasteiger partial charge in [-0.2, -0.15) is 9.50 Å². The third-order valence-corrected chi connectivity index (χ3v) is 5.22. The predicted octanol–water partition coefficient (Wildman–Crippen LogP) is 3.04. The summed E-state index contributed by atoms with van der Waals surface area (Å²) in [5.41, 5.74) is 1.32. The first kappa shape index (κ1) is 17.5. The molecule has 0 amide bonds. The van der Waals surface area contributed by atoms with Crippen molar-refractivity contribution in [1.29, 1.82) is 0 Å². The Balaban J connectivity index is 1.82. The fraction of sp³-hybridized carbons (Fsp3) is 0.105. The van der Waals surface area contributed by atoms with Crippen molar-refractivity contribution in [3.63, 3.8) is 0 Å². The van der Waals surface area contributed by atoms with E-state index in [9.17, 15) is 4.79 Å². The van der Waals surface area contributed by atoms with Gasteiger partial charge in [-0.25, -0.2) is 0 Å². The molecule has 27 heavy (non-hydrogen) atoms. The van der Waals surface area contributed by atoms with Gasteiger partial charge in [0.25, 0.3) is 5.56 Å². The van der Waals surface area contributed by atoms with Crippen molar-refractivity contribution in [2.24, 2.45) is 0 Å². The first-order valence-electron chi connectivity index (χ1n) is 7.99. The summed E-state index contributed by atoms with van der Waals surface area (Å²) in [4.78, 5) is 17.7. The second kappa shape index (κ2) is 7.02. The van der Waals surface area contributed by atoms with Crippen LogP contribution < -0.4 is 19.6 Å². The maximum atomic E-state index is 12.7. The van der Waals surface area contributed by atoms with Crippen LogP contribution in [0.25, 0.3) is 22.4 Å². The van der Waals surface area contributed by atoms with Gasteiger partial charge in [0.05, 0.1) is 18.8 Å². The SMILES string of the molecule is COc1cccc(/C=c2/sc3nc(-c4ccc(Cl)cc4)nn3c2=O)c1OC. The highest BCUT2D eigenvalue weighted by Gasteiger charge is 2.13. The van der Waals surface area contributed by atoms with Crippen molar-refractivity contribution in [2.75, 3.05) is 14.2 Å². The number of fused-ring (bicyclic) bond motifs is 1. The van der Waals surface area contributed by atoms with Gasteiger partial charge in [0, 0.05) is 16.1 Å². The molecule has 0 fully saturated rings. The number of methoxy groups -OCH3 is 2. The Kier molecular flexibility index (Phi) is 4.55. The molecule has 0 aliphatic rings. The van der Waals surface area contributed by atoms with Gasteiger partial charge in [0.15, 0.2) is 17.3 Å². The minimum absolute atomic E-state index is 0.229. The molecule has 8 heteroatoms. The van der Waals surface area contributed by atoms with Crippen LogP contribution in [0.3, 0.4) is 0 Å². The molecule has 0 spiro atoms. The Morgan fingerprint density at radius 3 is 2.56 bits per heavy atom. The molecule has 0 saturated heterocycles. The monoisotopic (exact) mass is 399 g/mol. The summed E-state index contributed by atoms with van der Waals surface area (Å²) < 4.78 is 12.5. The number of hydrogen-bond acceptors (Lipinski definition) is 6. The van der Waals surface area contributed by atoms with E-state index in [-0.39, 0.29) is 5.56 Å². The Labute approximate surface area is 163 Å². The highest BCUT2D eigenvalue weighted by atomic mass is 35.5. The summed E-state index contributed by atoms with van der Waals surface area (Å²) in [5.74, 6) is 1.66. The van der Waals surface area contributed by atoms with E-state index < -0.39 is 0 Å². The van der Waals surface area contributed by atoms with Crippen molar-refractivity contribution >= 4 is 34.0 Å². The van der Waals surface area contributed by atoms with Gasteiger partial charge in [-0.05, 0) is 36.4 Å². The van der Waals surface area contributed by atoms with Crippen molar-refractivity contribution < 1.29 is 9.47 Å². The summed E-state index contributed by atoms with van der Waals surface area (Å²) in [7, 11) is 3.14. The molecule has 136 valence electrons. The second-order valence-electron chi connectivity index (χ2n) is 5.64. The van der Waals surface area contributed by atoms with Crippen LogP contribution in [0, 0.1) is 0 Å². The average Bonchev–Trinajstić information content (AvgIpc) is 3.22. The van der Waals surface area contributed by atoms with Gasteiger partial charge in [-0.15, -0.1) is 5.10 Å². The van der Waals surface area contributed by atoms with Crippen LogP contribution >= 0.6 is 22.9 Å². The number of benzene rings is 2. The van der Waals surface area contributed by atoms with Crippen LogP contribution in [-0.4, -0.2) is 28.8 Å². The van der Waals surface area contributed by atoms with Crippen LogP contribution in [0.15, 0.2) is 47.3 Å². The van der Waals surface area contributed by atoms with Gasteiger partial charge in [-0.1, -0.05) is 35.1 Å². The van der Waals surface area contributed by atoms with Gasteiger partial charge < -0.3 is 9.47 Å². The van der Waals surface area contributed by atoms with Crippen LogP contribution in [-0.2, 0) is 0 Å². The molecule has 4 aromatic rings. The molecule has 6 nitrogen and oxygen atoms in total. The zero-order valence-electron chi connectivity index (χ0n) is 14.5. The van der Waals surface area contributed by atoms with Crippen molar-refractivity contribution in [3.05, 3.63) is 67.9 Å². The first-order valence-corrected chi connectivity index (χ1v) is 9.18. The minimum Gasteiger partial charge on any atom is -0.493 e. The number of nitrogens with zero attached hydrogens (tertiary/aromatic N) is 3. The Bertz CT molecular complexity index is 1230. The molecule has 4 rings (SSSR count). The Hall–Kier alpha value is -2.90. The first-order chi connectivity index (χ1) is 13.1. The maximum absolute atomic E-state index is 12.7. The maximum Gasteiger partial charge on any atom is 0.291 e. The highest BCUT2D eigenvalue weighted by Crippen LogP contribution is 2.31. The van der Waals surface area contributed by atoms with E-state index in [4.69, 9.17) is 21.1 Å². The van der Waals surface area contributed by atoms with Crippen LogP contribution in [0.2, 0.25) is 5.02 Å². The summed E-state index contributed by atoms with van der Waals surface area (Å²) in [5, 5.41) is 4.97. The lowest BCUT2D eigenvalue weighted by atomic mass is 10.2. The van der Waals surface area contributed by atoms with E-state index in [0.29, 0.717) is 31.8 Å². The zero-order valence-corrected chi connectivity index (χ0v) is 16.0. The molecule has 2 heterocycles. The number of para-hydroxylation sites is 1. The van der Waals surface area contributed by atoms with Crippen LogP contribution in [0.5, 0.6) is 11.5 Å². The molecule has 2 aromatic carbocycles. The number of ether oxygens (including phenoxy) is 2. The summed E-state index contributed by atoms with van der Waals surface area (Å²) in [6.45, 7) is 0. The van der Waals surface area contributed by atoms with E-state index >= 15 is 0 Å². The van der Waals surface area contributed by atoms with Crippen molar-refractivity contribution in [2.45, 2.75) is 0 Å². The zero-order chi connectivity index (χ0) is 19.0. The topological polar surface area (TPSA) is 65.7 Å². The van der Waals surface area contributed by atoms with E-state index in [0.717, 1.165) is 11.1 Å². The Morgan fingerprint density at radius 2 is 1.89 bits per heavy atom. The lowest BCUT2D eigenvalue weighted by Gasteiger charge is -2.09. The van der Waals surface area contributed by atoms with Gasteiger partial charge in [-0.3, -0.25) is 4.79 Å². The van der Waals surface area contributed by atoms with E-state index in [2.05, 4.69) is 10.1 Å². The van der Waals surface area contributed by atoms with Gasteiger partial charge >= 0.3 is 0 Å². The van der Waals surface area contributed by atoms with E-state index in [1.807, 2.05) is 24.3 Å². The third kappa shape index (κ3) is 3.15. The van der Waals surface area contributed by atoms with Gasteiger partial charge in [0.1, 0.15) is 0 Å². The van der Waals surface area contributed by atoms with Crippen LogP contribution in [0.4, 0.5) is 0 Å². The standard InChI is InChI=1S/C19H14ClN3O3S/c1-25-14-5-3-4-12(16(14)26-2)10-15-18(24)23-19(27-15)21-17(22-23)11-6-8-13(20)9-7-11/h3-10H,1-2H3/b15-10+. The summed E-state index contributed by atoms with van der Waals surface area (Å²) in [6, 6.07) is 12.7. The minimum atomic E-state index is -0.229. The van der Waals surface area contributed by atoms with E-state index in [1.54, 1.807) is 38.5 Å². The molecule has 0 aliphatic heterocycles.